The van der Waals surface area contributed by atoms with Crippen molar-refractivity contribution in [1.29, 1.82) is 0 Å². The topological polar surface area (TPSA) is 82.3 Å². The van der Waals surface area contributed by atoms with Crippen LogP contribution in [0.3, 0.4) is 0 Å². The molecule has 27 heavy (non-hydrogen) atoms. The lowest BCUT2D eigenvalue weighted by molar-refractivity contribution is -0.122. The molecule has 6 heteroatoms. The van der Waals surface area contributed by atoms with Crippen LogP contribution in [0.25, 0.3) is 0 Å². The van der Waals surface area contributed by atoms with Crippen molar-refractivity contribution < 1.29 is 9.59 Å². The highest BCUT2D eigenvalue weighted by Gasteiger charge is 2.28. The number of rotatable bonds is 5. The minimum Gasteiger partial charge on any atom is -0.382 e. The van der Waals surface area contributed by atoms with Crippen LogP contribution in [0.4, 0.5) is 10.5 Å². The summed E-state index contributed by atoms with van der Waals surface area (Å²) in [6.45, 7) is 7.75. The summed E-state index contributed by atoms with van der Waals surface area (Å²) in [4.78, 5) is 23.2. The van der Waals surface area contributed by atoms with E-state index in [9.17, 15) is 9.59 Å². The van der Waals surface area contributed by atoms with Gasteiger partial charge in [-0.05, 0) is 54.7 Å². The molecular formula is C21H32N4O2. The van der Waals surface area contributed by atoms with Crippen LogP contribution in [-0.2, 0) is 10.2 Å². The standard InChI is InChI=1S/C21H32N4O2/c1-21(2,3)15-6-10-17(11-7-15)24-16-8-4-14(5-9-16)12-22-19(26)18-13-23-20(27)25-18/h6-7,10-11,14,16,18,24H,4-5,8-9,12-13H2,1-3H3,(H,22,26)(H2,23,25,27)/t14?,16?,18-/m1/s1. The van der Waals surface area contributed by atoms with Gasteiger partial charge >= 0.3 is 6.03 Å². The first kappa shape index (κ1) is 19.5. The van der Waals surface area contributed by atoms with Crippen molar-refractivity contribution in [2.75, 3.05) is 18.4 Å². The van der Waals surface area contributed by atoms with Gasteiger partial charge < -0.3 is 21.3 Å². The molecule has 0 aromatic heterocycles. The maximum absolute atomic E-state index is 12.1. The van der Waals surface area contributed by atoms with Crippen molar-refractivity contribution >= 4 is 17.6 Å². The summed E-state index contributed by atoms with van der Waals surface area (Å²) in [6, 6.07) is 8.56. The third-order valence-electron chi connectivity index (χ3n) is 5.62. The van der Waals surface area contributed by atoms with Gasteiger partial charge in [0.05, 0.1) is 0 Å². The van der Waals surface area contributed by atoms with Crippen molar-refractivity contribution in [3.05, 3.63) is 29.8 Å². The third kappa shape index (κ3) is 5.37. The number of amides is 3. The molecule has 0 spiro atoms. The van der Waals surface area contributed by atoms with Crippen molar-refractivity contribution in [2.24, 2.45) is 5.92 Å². The molecule has 2 fully saturated rings. The highest BCUT2D eigenvalue weighted by atomic mass is 16.2. The number of anilines is 1. The summed E-state index contributed by atoms with van der Waals surface area (Å²) in [5.41, 5.74) is 2.71. The fourth-order valence-electron chi connectivity index (χ4n) is 3.79. The molecule has 4 N–H and O–H groups in total. The SMILES string of the molecule is CC(C)(C)c1ccc(NC2CCC(CNC(=O)[C@H]3CNC(=O)N3)CC2)cc1. The molecule has 0 radical (unpaired) electrons. The minimum atomic E-state index is -0.438. The normalized spacial score (nSPS) is 25.4. The molecule has 1 heterocycles. The van der Waals surface area contributed by atoms with Crippen LogP contribution in [0.1, 0.15) is 52.0 Å². The van der Waals surface area contributed by atoms with Gasteiger partial charge in [-0.2, -0.15) is 0 Å². The number of hydrogen-bond acceptors (Lipinski definition) is 3. The van der Waals surface area contributed by atoms with Crippen LogP contribution >= 0.6 is 0 Å². The number of benzene rings is 1. The summed E-state index contributed by atoms with van der Waals surface area (Å²) >= 11 is 0. The summed E-state index contributed by atoms with van der Waals surface area (Å²) in [6.07, 6.45) is 4.44. The first-order chi connectivity index (χ1) is 12.8. The molecule has 1 aromatic carbocycles. The largest absolute Gasteiger partial charge is 0.382 e. The van der Waals surface area contributed by atoms with Crippen LogP contribution in [0.15, 0.2) is 24.3 Å². The quantitative estimate of drug-likeness (QED) is 0.641. The van der Waals surface area contributed by atoms with Crippen LogP contribution in [0.2, 0.25) is 0 Å². The lowest BCUT2D eigenvalue weighted by Crippen LogP contribution is -2.45. The average Bonchev–Trinajstić information content (AvgIpc) is 3.07. The van der Waals surface area contributed by atoms with Gasteiger partial charge in [-0.1, -0.05) is 32.9 Å². The van der Waals surface area contributed by atoms with Crippen molar-refractivity contribution in [3.8, 4) is 0 Å². The molecule has 148 valence electrons. The summed E-state index contributed by atoms with van der Waals surface area (Å²) in [7, 11) is 0. The minimum absolute atomic E-state index is 0.0902. The summed E-state index contributed by atoms with van der Waals surface area (Å²) in [5.74, 6) is 0.424. The molecule has 1 saturated heterocycles. The van der Waals surface area contributed by atoms with Crippen LogP contribution in [-0.4, -0.2) is 37.1 Å². The Labute approximate surface area is 161 Å². The maximum Gasteiger partial charge on any atom is 0.315 e. The summed E-state index contributed by atoms with van der Waals surface area (Å²) in [5, 5.41) is 11.9. The van der Waals surface area contributed by atoms with Crippen LogP contribution < -0.4 is 21.3 Å². The van der Waals surface area contributed by atoms with Crippen LogP contribution in [0.5, 0.6) is 0 Å². The lowest BCUT2D eigenvalue weighted by atomic mass is 9.85. The number of carbonyl (C=O) groups is 2. The second kappa shape index (κ2) is 8.19. The van der Waals surface area contributed by atoms with E-state index in [0.29, 0.717) is 25.0 Å². The van der Waals surface area contributed by atoms with Gasteiger partial charge in [-0.25, -0.2) is 4.79 Å². The van der Waals surface area contributed by atoms with E-state index in [-0.39, 0.29) is 17.4 Å². The third-order valence-corrected chi connectivity index (χ3v) is 5.62. The van der Waals surface area contributed by atoms with E-state index in [4.69, 9.17) is 0 Å². The highest BCUT2D eigenvalue weighted by molar-refractivity contribution is 5.90. The fraction of sp³-hybridized carbons (Fsp3) is 0.619. The zero-order valence-electron chi connectivity index (χ0n) is 16.6. The van der Waals surface area contributed by atoms with Gasteiger partial charge in [-0.3, -0.25) is 4.79 Å². The van der Waals surface area contributed by atoms with E-state index >= 15 is 0 Å². The Bertz CT molecular complexity index is 658. The Morgan fingerprint density at radius 2 is 1.78 bits per heavy atom. The van der Waals surface area contributed by atoms with Gasteiger partial charge in [0.1, 0.15) is 6.04 Å². The van der Waals surface area contributed by atoms with Gasteiger partial charge in [-0.15, -0.1) is 0 Å². The zero-order valence-corrected chi connectivity index (χ0v) is 16.6. The molecular weight excluding hydrogens is 340 g/mol. The molecule has 3 rings (SSSR count). The fourth-order valence-corrected chi connectivity index (χ4v) is 3.79. The van der Waals surface area contributed by atoms with Crippen molar-refractivity contribution in [3.63, 3.8) is 0 Å². The van der Waals surface area contributed by atoms with E-state index in [0.717, 1.165) is 25.7 Å². The first-order valence-corrected chi connectivity index (χ1v) is 10.0. The van der Waals surface area contributed by atoms with Crippen LogP contribution in [0, 0.1) is 5.92 Å². The van der Waals surface area contributed by atoms with E-state index in [1.807, 2.05) is 0 Å². The van der Waals surface area contributed by atoms with E-state index in [2.05, 4.69) is 66.3 Å². The lowest BCUT2D eigenvalue weighted by Gasteiger charge is -2.30. The van der Waals surface area contributed by atoms with Gasteiger partial charge in [0, 0.05) is 24.8 Å². The number of hydrogen-bond donors (Lipinski definition) is 4. The van der Waals surface area contributed by atoms with Gasteiger partial charge in [0.2, 0.25) is 5.91 Å². The molecule has 0 unspecified atom stereocenters. The predicted octanol–water partition coefficient (Wildman–Crippen LogP) is 2.75. The Kier molecular flexibility index (Phi) is 5.92. The van der Waals surface area contributed by atoms with E-state index in [1.54, 1.807) is 0 Å². The van der Waals surface area contributed by atoms with Crippen molar-refractivity contribution in [2.45, 2.75) is 64.0 Å². The molecule has 1 aliphatic heterocycles. The molecule has 1 atom stereocenters. The van der Waals surface area contributed by atoms with E-state index < -0.39 is 6.04 Å². The Hall–Kier alpha value is -2.24. The van der Waals surface area contributed by atoms with Crippen molar-refractivity contribution in [1.82, 2.24) is 16.0 Å². The molecule has 6 nitrogen and oxygen atoms in total. The monoisotopic (exact) mass is 372 g/mol. The average molecular weight is 373 g/mol. The smallest absolute Gasteiger partial charge is 0.315 e. The zero-order chi connectivity index (χ0) is 19.4. The number of carbonyl (C=O) groups excluding carboxylic acids is 2. The predicted molar refractivity (Wildman–Crippen MR) is 108 cm³/mol. The van der Waals surface area contributed by atoms with E-state index in [1.165, 1.54) is 11.3 Å². The molecule has 3 amide bonds. The Morgan fingerprint density at radius 1 is 1.11 bits per heavy atom. The Morgan fingerprint density at radius 3 is 2.33 bits per heavy atom. The molecule has 0 bridgehead atoms. The number of urea groups is 1. The summed E-state index contributed by atoms with van der Waals surface area (Å²) < 4.78 is 0. The highest BCUT2D eigenvalue weighted by Crippen LogP contribution is 2.28. The molecule has 1 aliphatic carbocycles. The molecule has 2 aliphatic rings. The van der Waals surface area contributed by atoms with Gasteiger partial charge in [0.25, 0.3) is 0 Å². The maximum atomic E-state index is 12.1. The van der Waals surface area contributed by atoms with Gasteiger partial charge in [0.15, 0.2) is 0 Å². The molecule has 1 aromatic rings. The second-order valence-electron chi connectivity index (χ2n) is 8.84. The number of nitrogens with one attached hydrogen (secondary N) is 4. The second-order valence-corrected chi connectivity index (χ2v) is 8.84. The Balaban J connectivity index is 1.38. The first-order valence-electron chi connectivity index (χ1n) is 10.0. The molecule has 1 saturated carbocycles.